The molecule has 8 heteroatoms. The maximum atomic E-state index is 12.6. The number of quaternary nitrogens is 1. The first-order chi connectivity index (χ1) is 15.4. The predicted octanol–water partition coefficient (Wildman–Crippen LogP) is 5.63. The SMILES string of the molecule is O=S(=O)(C=Cc1ccc(Cl)cc1)Nc1cccc(O[N+]2(c3ccncc3)CCCCC2)c1. The van der Waals surface area contributed by atoms with E-state index in [9.17, 15) is 8.42 Å². The molecule has 0 atom stereocenters. The fourth-order valence-corrected chi connectivity index (χ4v) is 4.79. The molecule has 1 aliphatic heterocycles. The average molecular weight is 471 g/mol. The third-order valence-corrected chi connectivity index (χ3v) is 6.62. The molecule has 1 fully saturated rings. The number of piperidine rings is 1. The average Bonchev–Trinajstić information content (AvgIpc) is 2.80. The molecule has 6 nitrogen and oxygen atoms in total. The van der Waals surface area contributed by atoms with E-state index >= 15 is 0 Å². The van der Waals surface area contributed by atoms with Crippen molar-refractivity contribution in [3.63, 3.8) is 0 Å². The Labute approximate surface area is 193 Å². The van der Waals surface area contributed by atoms with E-state index < -0.39 is 10.0 Å². The van der Waals surface area contributed by atoms with Crippen LogP contribution in [0.15, 0.2) is 78.5 Å². The summed E-state index contributed by atoms with van der Waals surface area (Å²) in [6.07, 6.45) is 8.36. The second-order valence-corrected chi connectivity index (χ2v) is 9.73. The third kappa shape index (κ3) is 5.68. The van der Waals surface area contributed by atoms with Crippen LogP contribution in [-0.2, 0) is 10.0 Å². The van der Waals surface area contributed by atoms with E-state index in [1.165, 1.54) is 12.5 Å². The van der Waals surface area contributed by atoms with Gasteiger partial charge in [-0.3, -0.25) is 9.71 Å². The van der Waals surface area contributed by atoms with Crippen LogP contribution in [0, 0.1) is 0 Å². The fourth-order valence-electron chi connectivity index (χ4n) is 3.80. The number of hydrogen-bond acceptors (Lipinski definition) is 4. The number of hydrogen-bond donors (Lipinski definition) is 1. The van der Waals surface area contributed by atoms with E-state index in [1.54, 1.807) is 54.9 Å². The molecule has 2 aromatic carbocycles. The van der Waals surface area contributed by atoms with Crippen LogP contribution in [0.1, 0.15) is 24.8 Å². The van der Waals surface area contributed by atoms with Crippen LogP contribution in [0.3, 0.4) is 0 Å². The smallest absolute Gasteiger partial charge is 0.255 e. The van der Waals surface area contributed by atoms with Gasteiger partial charge in [-0.2, -0.15) is 0 Å². The van der Waals surface area contributed by atoms with Crippen LogP contribution in [0.4, 0.5) is 11.4 Å². The Morgan fingerprint density at radius 3 is 2.41 bits per heavy atom. The number of aromatic nitrogens is 1. The molecule has 0 spiro atoms. The van der Waals surface area contributed by atoms with E-state index in [1.807, 2.05) is 18.2 Å². The number of sulfonamides is 1. The molecule has 1 saturated heterocycles. The fraction of sp³-hybridized carbons (Fsp3) is 0.208. The Balaban J connectivity index is 1.52. The molecule has 166 valence electrons. The number of hydroxylamine groups is 2. The van der Waals surface area contributed by atoms with Gasteiger partial charge in [0.1, 0.15) is 13.1 Å². The molecule has 1 aliphatic rings. The highest BCUT2D eigenvalue weighted by molar-refractivity contribution is 7.95. The maximum absolute atomic E-state index is 12.6. The summed E-state index contributed by atoms with van der Waals surface area (Å²) in [5, 5.41) is 1.74. The highest BCUT2D eigenvalue weighted by Crippen LogP contribution is 2.31. The van der Waals surface area contributed by atoms with Crippen LogP contribution < -0.4 is 14.2 Å². The van der Waals surface area contributed by atoms with E-state index in [2.05, 4.69) is 9.71 Å². The van der Waals surface area contributed by atoms with Crippen molar-refractivity contribution >= 4 is 39.1 Å². The second kappa shape index (κ2) is 9.73. The summed E-state index contributed by atoms with van der Waals surface area (Å²) >= 11 is 5.87. The zero-order valence-electron chi connectivity index (χ0n) is 17.5. The van der Waals surface area contributed by atoms with Crippen molar-refractivity contribution in [2.24, 2.45) is 0 Å². The van der Waals surface area contributed by atoms with Crippen molar-refractivity contribution in [2.75, 3.05) is 17.8 Å². The zero-order chi connectivity index (χ0) is 22.4. The largest absolute Gasteiger partial charge is 0.310 e. The van der Waals surface area contributed by atoms with E-state index in [4.69, 9.17) is 16.4 Å². The second-order valence-electron chi connectivity index (χ2n) is 7.72. The van der Waals surface area contributed by atoms with Gasteiger partial charge in [0.2, 0.25) is 0 Å². The summed E-state index contributed by atoms with van der Waals surface area (Å²) in [6.45, 7) is 1.70. The minimum atomic E-state index is -3.69. The first kappa shape index (κ1) is 22.3. The van der Waals surface area contributed by atoms with Crippen molar-refractivity contribution in [2.45, 2.75) is 19.3 Å². The normalized spacial score (nSPS) is 16.0. The monoisotopic (exact) mass is 470 g/mol. The maximum Gasteiger partial charge on any atom is 0.255 e. The van der Waals surface area contributed by atoms with Gasteiger partial charge in [0.15, 0.2) is 11.4 Å². The molecule has 0 saturated carbocycles. The van der Waals surface area contributed by atoms with Gasteiger partial charge in [-0.15, -0.1) is 4.65 Å². The van der Waals surface area contributed by atoms with Gasteiger partial charge in [0, 0.05) is 48.5 Å². The summed E-state index contributed by atoms with van der Waals surface area (Å²) < 4.78 is 28.1. The molecule has 4 rings (SSSR count). The van der Waals surface area contributed by atoms with E-state index in [0.29, 0.717) is 21.1 Å². The highest BCUT2D eigenvalue weighted by atomic mass is 35.5. The molecule has 0 bridgehead atoms. The third-order valence-electron chi connectivity index (χ3n) is 5.36. The minimum absolute atomic E-state index is 0.370. The van der Waals surface area contributed by atoms with Crippen LogP contribution in [0.25, 0.3) is 6.08 Å². The van der Waals surface area contributed by atoms with Gasteiger partial charge in [-0.1, -0.05) is 29.8 Å². The molecule has 32 heavy (non-hydrogen) atoms. The number of benzene rings is 2. The van der Waals surface area contributed by atoms with Crippen LogP contribution in [-0.4, -0.2) is 26.5 Å². The van der Waals surface area contributed by atoms with Crippen molar-refractivity contribution in [3.05, 3.63) is 89.1 Å². The summed E-state index contributed by atoms with van der Waals surface area (Å²) in [5.41, 5.74) is 2.22. The number of rotatable bonds is 7. The molecular weight excluding hydrogens is 446 g/mol. The summed E-state index contributed by atoms with van der Waals surface area (Å²) in [4.78, 5) is 10.6. The van der Waals surface area contributed by atoms with Crippen molar-refractivity contribution < 1.29 is 13.3 Å². The number of pyridine rings is 1. The molecule has 0 unspecified atom stereocenters. The molecule has 1 aromatic heterocycles. The van der Waals surface area contributed by atoms with Crippen molar-refractivity contribution in [1.29, 1.82) is 0 Å². The molecule has 0 radical (unpaired) electrons. The van der Waals surface area contributed by atoms with Gasteiger partial charge >= 0.3 is 0 Å². The van der Waals surface area contributed by atoms with E-state index in [-0.39, 0.29) is 0 Å². The first-order valence-corrected chi connectivity index (χ1v) is 12.4. The van der Waals surface area contributed by atoms with Crippen molar-refractivity contribution in [3.8, 4) is 5.75 Å². The van der Waals surface area contributed by atoms with E-state index in [0.717, 1.165) is 42.6 Å². The standard InChI is InChI=1S/C24H25ClN3O3S/c25-21-9-7-20(8-10-21)13-18-32(29,30)27-22-5-4-6-24(19-22)31-28(16-2-1-3-17-28)23-11-14-26-15-12-23/h4-15,18-19,27H,1-3,16-17H2/q+1. The molecule has 2 heterocycles. The van der Waals surface area contributed by atoms with Crippen LogP contribution >= 0.6 is 11.6 Å². The lowest BCUT2D eigenvalue weighted by molar-refractivity contribution is -0.0623. The molecular formula is C24H25ClN3O3S+. The number of nitrogens with one attached hydrogen (secondary N) is 1. The number of anilines is 1. The molecule has 0 amide bonds. The predicted molar refractivity (Wildman–Crippen MR) is 130 cm³/mol. The van der Waals surface area contributed by atoms with Gasteiger partial charge < -0.3 is 4.84 Å². The summed E-state index contributed by atoms with van der Waals surface area (Å²) in [7, 11) is -3.69. The Morgan fingerprint density at radius 1 is 0.969 bits per heavy atom. The zero-order valence-corrected chi connectivity index (χ0v) is 19.1. The molecule has 0 aliphatic carbocycles. The number of nitrogens with zero attached hydrogens (tertiary/aromatic N) is 2. The Kier molecular flexibility index (Phi) is 6.79. The Morgan fingerprint density at radius 2 is 1.69 bits per heavy atom. The first-order valence-electron chi connectivity index (χ1n) is 10.5. The van der Waals surface area contributed by atoms with Gasteiger partial charge in [0.25, 0.3) is 10.0 Å². The highest BCUT2D eigenvalue weighted by Gasteiger charge is 2.36. The lowest BCUT2D eigenvalue weighted by Crippen LogP contribution is -2.55. The quantitative estimate of drug-likeness (QED) is 0.454. The molecule has 3 aromatic rings. The summed E-state index contributed by atoms with van der Waals surface area (Å²) in [6, 6.07) is 17.9. The molecule has 1 N–H and O–H groups in total. The van der Waals surface area contributed by atoms with Gasteiger partial charge in [0.05, 0.1) is 11.1 Å². The number of halogens is 1. The van der Waals surface area contributed by atoms with Crippen LogP contribution in [0.5, 0.6) is 5.75 Å². The minimum Gasteiger partial charge on any atom is -0.310 e. The Bertz CT molecular complexity index is 1180. The van der Waals surface area contributed by atoms with Gasteiger partial charge in [-0.25, -0.2) is 8.42 Å². The van der Waals surface area contributed by atoms with Crippen molar-refractivity contribution in [1.82, 2.24) is 9.63 Å². The lowest BCUT2D eigenvalue weighted by atomic mass is 10.1. The summed E-state index contributed by atoms with van der Waals surface area (Å²) in [5.74, 6) is 0.602. The Hall–Kier alpha value is -2.87. The lowest BCUT2D eigenvalue weighted by Gasteiger charge is -2.37. The van der Waals surface area contributed by atoms with Gasteiger partial charge in [-0.05, 0) is 42.3 Å². The topological polar surface area (TPSA) is 68.3 Å². The van der Waals surface area contributed by atoms with Crippen LogP contribution in [0.2, 0.25) is 5.02 Å².